The van der Waals surface area contributed by atoms with Gasteiger partial charge in [-0.2, -0.15) is 0 Å². The standard InChI is InChI=1S/C23H33N5O2/c1-4-22(29)28-12-11-20(16-28)26-23(24-2)25-14-18-8-5-6-9-19(18)15-27(3)17-21-10-7-13-30-21/h5-10,13,20H,4,11-12,14-17H2,1-3H3,(H2,24,25,26). The first-order valence-corrected chi connectivity index (χ1v) is 10.6. The SMILES string of the molecule is CCC(=O)N1CCC(NC(=NC)NCc2ccccc2CN(C)Cc2ccco2)C1. The van der Waals surface area contributed by atoms with Crippen LogP contribution in [0.25, 0.3) is 0 Å². The molecule has 1 aliphatic rings. The molecule has 30 heavy (non-hydrogen) atoms. The number of hydrogen-bond acceptors (Lipinski definition) is 4. The molecule has 7 heteroatoms. The summed E-state index contributed by atoms with van der Waals surface area (Å²) in [4.78, 5) is 20.4. The van der Waals surface area contributed by atoms with Crippen molar-refractivity contribution in [3.8, 4) is 0 Å². The Balaban J connectivity index is 1.52. The number of carbonyl (C=O) groups excluding carboxylic acids is 1. The van der Waals surface area contributed by atoms with E-state index in [0.29, 0.717) is 13.0 Å². The fraction of sp³-hybridized carbons (Fsp3) is 0.478. The minimum atomic E-state index is 0.217. The van der Waals surface area contributed by atoms with E-state index in [-0.39, 0.29) is 11.9 Å². The van der Waals surface area contributed by atoms with Gasteiger partial charge in [-0.05, 0) is 36.7 Å². The molecule has 7 nitrogen and oxygen atoms in total. The Kier molecular flexibility index (Phi) is 7.90. The van der Waals surface area contributed by atoms with Gasteiger partial charge in [0.2, 0.25) is 5.91 Å². The van der Waals surface area contributed by atoms with Crippen LogP contribution in [0.4, 0.5) is 0 Å². The summed E-state index contributed by atoms with van der Waals surface area (Å²) in [5, 5.41) is 6.89. The van der Waals surface area contributed by atoms with E-state index in [1.54, 1.807) is 13.3 Å². The summed E-state index contributed by atoms with van der Waals surface area (Å²) in [5.74, 6) is 1.95. The summed E-state index contributed by atoms with van der Waals surface area (Å²) in [6, 6.07) is 12.6. The lowest BCUT2D eigenvalue weighted by Gasteiger charge is -2.20. The van der Waals surface area contributed by atoms with Gasteiger partial charge in [-0.1, -0.05) is 31.2 Å². The van der Waals surface area contributed by atoms with Crippen LogP contribution in [0.1, 0.15) is 36.7 Å². The van der Waals surface area contributed by atoms with Crippen LogP contribution in [-0.2, 0) is 24.4 Å². The summed E-state index contributed by atoms with van der Waals surface area (Å²) in [6.45, 7) is 5.75. The predicted octanol–water partition coefficient (Wildman–Crippen LogP) is 2.59. The molecule has 0 aliphatic carbocycles. The third kappa shape index (κ3) is 6.10. The van der Waals surface area contributed by atoms with Crippen LogP contribution < -0.4 is 10.6 Å². The van der Waals surface area contributed by atoms with Crippen LogP contribution in [0, 0.1) is 0 Å². The molecule has 1 aromatic carbocycles. The Morgan fingerprint density at radius 3 is 2.73 bits per heavy atom. The largest absolute Gasteiger partial charge is 0.468 e. The Hall–Kier alpha value is -2.80. The average molecular weight is 412 g/mol. The van der Waals surface area contributed by atoms with E-state index >= 15 is 0 Å². The fourth-order valence-electron chi connectivity index (χ4n) is 3.79. The lowest BCUT2D eigenvalue weighted by atomic mass is 10.1. The first-order valence-electron chi connectivity index (χ1n) is 10.6. The maximum Gasteiger partial charge on any atom is 0.222 e. The van der Waals surface area contributed by atoms with E-state index in [2.05, 4.69) is 51.8 Å². The number of aliphatic imine (C=N–C) groups is 1. The number of benzene rings is 1. The third-order valence-corrected chi connectivity index (χ3v) is 5.42. The number of carbonyl (C=O) groups is 1. The second-order valence-corrected chi connectivity index (χ2v) is 7.77. The van der Waals surface area contributed by atoms with Crippen LogP contribution >= 0.6 is 0 Å². The van der Waals surface area contributed by atoms with Crippen molar-refractivity contribution in [1.29, 1.82) is 0 Å². The van der Waals surface area contributed by atoms with Gasteiger partial charge in [0.05, 0.1) is 12.8 Å². The fourth-order valence-corrected chi connectivity index (χ4v) is 3.79. The van der Waals surface area contributed by atoms with E-state index in [1.807, 2.05) is 24.0 Å². The summed E-state index contributed by atoms with van der Waals surface area (Å²) in [7, 11) is 3.87. The molecule has 2 N–H and O–H groups in total. The van der Waals surface area contributed by atoms with Gasteiger partial charge in [-0.25, -0.2) is 0 Å². The van der Waals surface area contributed by atoms with E-state index in [1.165, 1.54) is 11.1 Å². The molecule has 0 bridgehead atoms. The number of furan rings is 1. The molecule has 0 saturated carbocycles. The molecule has 1 saturated heterocycles. The third-order valence-electron chi connectivity index (χ3n) is 5.42. The zero-order valence-electron chi connectivity index (χ0n) is 18.2. The zero-order chi connectivity index (χ0) is 21.3. The van der Waals surface area contributed by atoms with Gasteiger partial charge in [-0.15, -0.1) is 0 Å². The maximum atomic E-state index is 11.9. The maximum absolute atomic E-state index is 11.9. The van der Waals surface area contributed by atoms with Gasteiger partial charge in [0.25, 0.3) is 0 Å². The molecule has 2 aromatic rings. The number of guanidine groups is 1. The van der Waals surface area contributed by atoms with Crippen molar-refractivity contribution < 1.29 is 9.21 Å². The number of rotatable bonds is 8. The van der Waals surface area contributed by atoms with E-state index in [0.717, 1.165) is 44.3 Å². The van der Waals surface area contributed by atoms with Gasteiger partial charge >= 0.3 is 0 Å². The highest BCUT2D eigenvalue weighted by Crippen LogP contribution is 2.14. The molecule has 1 aliphatic heterocycles. The van der Waals surface area contributed by atoms with Gasteiger partial charge in [0.15, 0.2) is 5.96 Å². The van der Waals surface area contributed by atoms with Gasteiger partial charge in [0, 0.05) is 45.7 Å². The summed E-state index contributed by atoms with van der Waals surface area (Å²) >= 11 is 0. The smallest absolute Gasteiger partial charge is 0.222 e. The lowest BCUT2D eigenvalue weighted by molar-refractivity contribution is -0.129. The molecule has 1 fully saturated rings. The predicted molar refractivity (Wildman–Crippen MR) is 119 cm³/mol. The quantitative estimate of drug-likeness (QED) is 0.516. The summed E-state index contributed by atoms with van der Waals surface area (Å²) in [6.07, 6.45) is 3.22. The Morgan fingerprint density at radius 2 is 2.03 bits per heavy atom. The molecular formula is C23H33N5O2. The Labute approximate surface area is 179 Å². The first kappa shape index (κ1) is 21.9. The minimum Gasteiger partial charge on any atom is -0.468 e. The molecule has 1 unspecified atom stereocenters. The molecule has 0 radical (unpaired) electrons. The van der Waals surface area contributed by atoms with E-state index in [4.69, 9.17) is 4.42 Å². The van der Waals surface area contributed by atoms with Crippen molar-refractivity contribution in [2.24, 2.45) is 4.99 Å². The van der Waals surface area contributed by atoms with Crippen molar-refractivity contribution in [3.63, 3.8) is 0 Å². The van der Waals surface area contributed by atoms with Gasteiger partial charge < -0.3 is 20.0 Å². The van der Waals surface area contributed by atoms with Crippen molar-refractivity contribution in [2.75, 3.05) is 27.2 Å². The van der Waals surface area contributed by atoms with Crippen LogP contribution in [0.15, 0.2) is 52.1 Å². The highest BCUT2D eigenvalue weighted by atomic mass is 16.3. The number of hydrogen-bond donors (Lipinski definition) is 2. The number of nitrogens with one attached hydrogen (secondary N) is 2. The van der Waals surface area contributed by atoms with Crippen LogP contribution in [-0.4, -0.2) is 54.9 Å². The van der Waals surface area contributed by atoms with Gasteiger partial charge in [-0.3, -0.25) is 14.7 Å². The van der Waals surface area contributed by atoms with E-state index in [9.17, 15) is 4.79 Å². The first-order chi connectivity index (χ1) is 14.6. The second kappa shape index (κ2) is 10.8. The van der Waals surface area contributed by atoms with Crippen molar-refractivity contribution >= 4 is 11.9 Å². The molecule has 1 amide bonds. The molecule has 1 atom stereocenters. The summed E-state index contributed by atoms with van der Waals surface area (Å²) < 4.78 is 5.46. The topological polar surface area (TPSA) is 73.1 Å². The molecule has 162 valence electrons. The highest BCUT2D eigenvalue weighted by molar-refractivity contribution is 5.80. The summed E-state index contributed by atoms with van der Waals surface area (Å²) in [5.41, 5.74) is 2.51. The monoisotopic (exact) mass is 411 g/mol. The lowest BCUT2D eigenvalue weighted by Crippen LogP contribution is -2.44. The Bertz CT molecular complexity index is 834. The molecule has 3 rings (SSSR count). The molecule has 2 heterocycles. The van der Waals surface area contributed by atoms with Crippen LogP contribution in [0.3, 0.4) is 0 Å². The van der Waals surface area contributed by atoms with Gasteiger partial charge in [0.1, 0.15) is 5.76 Å². The van der Waals surface area contributed by atoms with Crippen LogP contribution in [0.2, 0.25) is 0 Å². The minimum absolute atomic E-state index is 0.217. The molecule has 0 spiro atoms. The second-order valence-electron chi connectivity index (χ2n) is 7.77. The number of amides is 1. The zero-order valence-corrected chi connectivity index (χ0v) is 18.2. The van der Waals surface area contributed by atoms with Crippen molar-refractivity contribution in [1.82, 2.24) is 20.4 Å². The normalized spacial score (nSPS) is 16.9. The number of nitrogens with zero attached hydrogens (tertiary/aromatic N) is 3. The van der Waals surface area contributed by atoms with Crippen molar-refractivity contribution in [3.05, 3.63) is 59.5 Å². The highest BCUT2D eigenvalue weighted by Gasteiger charge is 2.25. The van der Waals surface area contributed by atoms with Crippen molar-refractivity contribution in [2.45, 2.75) is 45.4 Å². The number of likely N-dealkylation sites (tertiary alicyclic amines) is 1. The average Bonchev–Trinajstić information content (AvgIpc) is 3.43. The van der Waals surface area contributed by atoms with Crippen LogP contribution in [0.5, 0.6) is 0 Å². The Morgan fingerprint density at radius 1 is 1.23 bits per heavy atom. The molecule has 1 aromatic heterocycles. The molecular weight excluding hydrogens is 378 g/mol. The van der Waals surface area contributed by atoms with E-state index < -0.39 is 0 Å².